The molecule has 1 atom stereocenters. The average molecular weight is 354 g/mol. The van der Waals surface area contributed by atoms with Crippen LogP contribution in [0.2, 0.25) is 5.02 Å². The van der Waals surface area contributed by atoms with Crippen LogP contribution in [0.5, 0.6) is 0 Å². The fourth-order valence-electron chi connectivity index (χ4n) is 1.90. The van der Waals surface area contributed by atoms with Gasteiger partial charge in [0.2, 0.25) is 10.0 Å². The van der Waals surface area contributed by atoms with E-state index in [1.54, 1.807) is 12.1 Å². The summed E-state index contributed by atoms with van der Waals surface area (Å²) in [4.78, 5) is 0.271. The van der Waals surface area contributed by atoms with Gasteiger partial charge in [0, 0.05) is 30.1 Å². The molecule has 100 valence electrons. The molecule has 7 heteroatoms. The third-order valence-corrected chi connectivity index (χ3v) is 5.94. The normalized spacial score (nSPS) is 22.1. The lowest BCUT2D eigenvalue weighted by Gasteiger charge is -2.31. The molecule has 18 heavy (non-hydrogen) atoms. The molecule has 0 amide bonds. The first-order chi connectivity index (χ1) is 8.41. The van der Waals surface area contributed by atoms with Gasteiger partial charge >= 0.3 is 0 Å². The monoisotopic (exact) mass is 352 g/mol. The second-order valence-corrected chi connectivity index (χ2v) is 7.49. The van der Waals surface area contributed by atoms with Crippen LogP contribution in [0.25, 0.3) is 0 Å². The van der Waals surface area contributed by atoms with E-state index in [0.717, 1.165) is 0 Å². The summed E-state index contributed by atoms with van der Waals surface area (Å²) >= 11 is 9.12. The van der Waals surface area contributed by atoms with Crippen LogP contribution in [-0.4, -0.2) is 38.4 Å². The molecule has 1 heterocycles. The first-order valence-electron chi connectivity index (χ1n) is 5.60. The minimum absolute atomic E-state index is 0.171. The zero-order chi connectivity index (χ0) is 13.3. The molecule has 1 aromatic carbocycles. The Labute approximate surface area is 120 Å². The molecule has 1 fully saturated rings. The standard InChI is InChI=1S/C11H14BrClN2O2S/c1-8-7-15(5-4-14-8)18(16,17)9-2-3-11(13)10(12)6-9/h2-3,6,8,14H,4-5,7H2,1H3. The molecule has 1 N–H and O–H groups in total. The molecule has 0 spiro atoms. The zero-order valence-corrected chi connectivity index (χ0v) is 13.0. The number of hydrogen-bond acceptors (Lipinski definition) is 3. The highest BCUT2D eigenvalue weighted by Gasteiger charge is 2.28. The highest BCUT2D eigenvalue weighted by Crippen LogP contribution is 2.27. The molecular weight excluding hydrogens is 340 g/mol. The minimum atomic E-state index is -3.43. The van der Waals surface area contributed by atoms with Crippen LogP contribution in [0.15, 0.2) is 27.6 Å². The summed E-state index contributed by atoms with van der Waals surface area (Å²) in [6.07, 6.45) is 0. The fraction of sp³-hybridized carbons (Fsp3) is 0.455. The lowest BCUT2D eigenvalue weighted by Crippen LogP contribution is -2.51. The van der Waals surface area contributed by atoms with Gasteiger partial charge in [-0.05, 0) is 41.1 Å². The smallest absolute Gasteiger partial charge is 0.243 e. The summed E-state index contributed by atoms with van der Waals surface area (Å²) in [5.41, 5.74) is 0. The number of nitrogens with zero attached hydrogens (tertiary/aromatic N) is 1. The van der Waals surface area contributed by atoms with E-state index in [-0.39, 0.29) is 10.9 Å². The Morgan fingerprint density at radius 2 is 2.22 bits per heavy atom. The van der Waals surface area contributed by atoms with Crippen molar-refractivity contribution in [1.29, 1.82) is 0 Å². The number of halogens is 2. The zero-order valence-electron chi connectivity index (χ0n) is 9.86. The Hall–Kier alpha value is -0.140. The molecule has 1 aliphatic rings. The van der Waals surface area contributed by atoms with Crippen molar-refractivity contribution in [3.8, 4) is 0 Å². The minimum Gasteiger partial charge on any atom is -0.312 e. The van der Waals surface area contributed by atoms with Crippen LogP contribution in [0.3, 0.4) is 0 Å². The highest BCUT2D eigenvalue weighted by atomic mass is 79.9. The van der Waals surface area contributed by atoms with Gasteiger partial charge in [0.1, 0.15) is 0 Å². The van der Waals surface area contributed by atoms with E-state index in [2.05, 4.69) is 21.2 Å². The summed E-state index contributed by atoms with van der Waals surface area (Å²) in [5.74, 6) is 0. The van der Waals surface area contributed by atoms with Gasteiger partial charge in [0.25, 0.3) is 0 Å². The van der Waals surface area contributed by atoms with Crippen LogP contribution >= 0.6 is 27.5 Å². The maximum atomic E-state index is 12.4. The first kappa shape index (κ1) is 14.3. The van der Waals surface area contributed by atoms with Crippen molar-refractivity contribution in [2.45, 2.75) is 17.9 Å². The second kappa shape index (κ2) is 5.46. The van der Waals surface area contributed by atoms with E-state index in [0.29, 0.717) is 29.1 Å². The molecule has 1 saturated heterocycles. The lowest BCUT2D eigenvalue weighted by molar-refractivity contribution is 0.310. The van der Waals surface area contributed by atoms with Gasteiger partial charge in [-0.1, -0.05) is 11.6 Å². The maximum absolute atomic E-state index is 12.4. The van der Waals surface area contributed by atoms with Crippen LogP contribution in [0.4, 0.5) is 0 Å². The van der Waals surface area contributed by atoms with Crippen molar-refractivity contribution in [1.82, 2.24) is 9.62 Å². The lowest BCUT2D eigenvalue weighted by atomic mass is 10.3. The van der Waals surface area contributed by atoms with E-state index < -0.39 is 10.0 Å². The van der Waals surface area contributed by atoms with E-state index in [1.807, 2.05) is 6.92 Å². The summed E-state index contributed by atoms with van der Waals surface area (Å²) in [7, 11) is -3.43. The van der Waals surface area contributed by atoms with Crippen molar-refractivity contribution in [2.75, 3.05) is 19.6 Å². The predicted octanol–water partition coefficient (Wildman–Crippen LogP) is 2.08. The van der Waals surface area contributed by atoms with Gasteiger partial charge in [0.05, 0.1) is 9.92 Å². The van der Waals surface area contributed by atoms with Crippen LogP contribution in [0.1, 0.15) is 6.92 Å². The number of nitrogens with one attached hydrogen (secondary N) is 1. The van der Waals surface area contributed by atoms with E-state index >= 15 is 0 Å². The average Bonchev–Trinajstić information content (AvgIpc) is 2.32. The van der Waals surface area contributed by atoms with Crippen LogP contribution < -0.4 is 5.32 Å². The molecule has 0 saturated carbocycles. The quantitative estimate of drug-likeness (QED) is 0.885. The molecule has 1 unspecified atom stereocenters. The second-order valence-electron chi connectivity index (χ2n) is 4.29. The van der Waals surface area contributed by atoms with Gasteiger partial charge in [-0.25, -0.2) is 8.42 Å². The SMILES string of the molecule is CC1CN(S(=O)(=O)c2ccc(Cl)c(Br)c2)CCN1. The number of hydrogen-bond donors (Lipinski definition) is 1. The van der Waals surface area contributed by atoms with Gasteiger partial charge in [-0.3, -0.25) is 0 Å². The molecule has 1 aromatic rings. The largest absolute Gasteiger partial charge is 0.312 e. The molecule has 0 bridgehead atoms. The van der Waals surface area contributed by atoms with Crippen molar-refractivity contribution in [2.24, 2.45) is 0 Å². The van der Waals surface area contributed by atoms with E-state index in [9.17, 15) is 8.42 Å². The number of piperazine rings is 1. The maximum Gasteiger partial charge on any atom is 0.243 e. The number of sulfonamides is 1. The van der Waals surface area contributed by atoms with Crippen molar-refractivity contribution < 1.29 is 8.42 Å². The highest BCUT2D eigenvalue weighted by molar-refractivity contribution is 9.10. The number of benzene rings is 1. The molecule has 1 aliphatic heterocycles. The van der Waals surface area contributed by atoms with Crippen molar-refractivity contribution in [3.05, 3.63) is 27.7 Å². The molecule has 0 aliphatic carbocycles. The summed E-state index contributed by atoms with van der Waals surface area (Å²) < 4.78 is 27.0. The van der Waals surface area contributed by atoms with Crippen molar-refractivity contribution in [3.63, 3.8) is 0 Å². The molecule has 0 radical (unpaired) electrons. The Balaban J connectivity index is 2.32. The van der Waals surface area contributed by atoms with Gasteiger partial charge in [-0.2, -0.15) is 4.31 Å². The van der Waals surface area contributed by atoms with E-state index in [1.165, 1.54) is 10.4 Å². The summed E-state index contributed by atoms with van der Waals surface area (Å²) in [6, 6.07) is 4.84. The third kappa shape index (κ3) is 2.88. The van der Waals surface area contributed by atoms with Gasteiger partial charge in [-0.15, -0.1) is 0 Å². The van der Waals surface area contributed by atoms with E-state index in [4.69, 9.17) is 11.6 Å². The van der Waals surface area contributed by atoms with Gasteiger partial charge < -0.3 is 5.32 Å². The first-order valence-corrected chi connectivity index (χ1v) is 8.21. The van der Waals surface area contributed by atoms with Crippen LogP contribution in [-0.2, 0) is 10.0 Å². The molecule has 2 rings (SSSR count). The molecular formula is C11H14BrClN2O2S. The number of rotatable bonds is 2. The Bertz CT molecular complexity index is 550. The predicted molar refractivity (Wildman–Crippen MR) is 75.4 cm³/mol. The van der Waals surface area contributed by atoms with Crippen molar-refractivity contribution >= 4 is 37.6 Å². The Morgan fingerprint density at radius 3 is 2.83 bits per heavy atom. The fourth-order valence-corrected chi connectivity index (χ4v) is 4.11. The third-order valence-electron chi connectivity index (χ3n) is 2.86. The Morgan fingerprint density at radius 1 is 1.50 bits per heavy atom. The Kier molecular flexibility index (Phi) is 4.33. The topological polar surface area (TPSA) is 49.4 Å². The van der Waals surface area contributed by atoms with Gasteiger partial charge in [0.15, 0.2) is 0 Å². The van der Waals surface area contributed by atoms with Crippen LogP contribution in [0, 0.1) is 0 Å². The summed E-state index contributed by atoms with van der Waals surface area (Å²) in [5, 5.41) is 3.72. The molecule has 0 aromatic heterocycles. The molecule has 4 nitrogen and oxygen atoms in total. The summed E-state index contributed by atoms with van der Waals surface area (Å²) in [6.45, 7) is 3.63.